The molecule has 1 atom stereocenters. The highest BCUT2D eigenvalue weighted by Gasteiger charge is 2.32. The first-order chi connectivity index (χ1) is 22.0. The van der Waals surface area contributed by atoms with E-state index in [1.54, 1.807) is 52.1 Å². The first kappa shape index (κ1) is 31.8. The predicted molar refractivity (Wildman–Crippen MR) is 175 cm³/mol. The fourth-order valence-electron chi connectivity index (χ4n) is 5.23. The van der Waals surface area contributed by atoms with Crippen molar-refractivity contribution in [1.82, 2.24) is 20.2 Å². The number of nitriles is 1. The summed E-state index contributed by atoms with van der Waals surface area (Å²) in [6, 6.07) is 8.54. The molecular weight excluding hydrogens is 653 g/mol. The molecule has 1 aliphatic rings. The van der Waals surface area contributed by atoms with Gasteiger partial charge in [-0.15, -0.1) is 11.3 Å². The maximum absolute atomic E-state index is 16.1. The summed E-state index contributed by atoms with van der Waals surface area (Å²) in [4.78, 5) is 21.9. The van der Waals surface area contributed by atoms with E-state index in [0.717, 1.165) is 11.3 Å². The van der Waals surface area contributed by atoms with Gasteiger partial charge in [-0.2, -0.15) is 25.4 Å². The molecule has 3 aromatic heterocycles. The van der Waals surface area contributed by atoms with Crippen molar-refractivity contribution in [1.29, 1.82) is 5.26 Å². The number of hydrogen-bond acceptors (Lipinski definition) is 11. The summed E-state index contributed by atoms with van der Waals surface area (Å²) in [5, 5.41) is 25.4. The Morgan fingerprint density at radius 3 is 2.70 bits per heavy atom. The maximum atomic E-state index is 16.1. The third kappa shape index (κ3) is 5.92. The van der Waals surface area contributed by atoms with Crippen LogP contribution in [-0.4, -0.2) is 42.2 Å². The highest BCUT2D eigenvalue weighted by molar-refractivity contribution is 7.91. The van der Waals surface area contributed by atoms with E-state index < -0.39 is 28.7 Å². The van der Waals surface area contributed by atoms with Gasteiger partial charge in [-0.05, 0) is 63.1 Å². The summed E-state index contributed by atoms with van der Waals surface area (Å²) in [5.74, 6) is 0.00177. The van der Waals surface area contributed by atoms with E-state index in [0.29, 0.717) is 38.3 Å². The smallest absolute Gasteiger partial charge is 0.412 e. The standard InChI is InChI=1S/C31H27ClFN7O4S2/c1-5-46(42)29-37-26-23(27(38-29)35-12-15-7-6-10-36-40-15)18-14-43-13-17(18)22(25(26)32)24-19(33)8-9-20-21(24)16(11-34)28(45-20)39-30(41)44-31(2,3)4/h6-10H,5,12-14H2,1-4H3,(H,39,41)(H,35,37,38). The number of carbonyl (C=O) groups is 1. The van der Waals surface area contributed by atoms with E-state index >= 15 is 4.39 Å². The molecular formula is C31H27ClFN7O4S2. The summed E-state index contributed by atoms with van der Waals surface area (Å²) in [5.41, 5.74) is 1.86. The molecule has 2 aromatic carbocycles. The number of nitrogens with one attached hydrogen (secondary N) is 2. The molecule has 5 aromatic rings. The number of amides is 1. The molecule has 1 unspecified atom stereocenters. The van der Waals surface area contributed by atoms with Crippen molar-refractivity contribution in [3.05, 3.63) is 63.7 Å². The van der Waals surface area contributed by atoms with Crippen LogP contribution in [0.15, 0.2) is 35.6 Å². The Morgan fingerprint density at radius 1 is 1.22 bits per heavy atom. The van der Waals surface area contributed by atoms with Crippen molar-refractivity contribution in [3.63, 3.8) is 0 Å². The highest BCUT2D eigenvalue weighted by Crippen LogP contribution is 2.50. The number of halogens is 2. The topological polar surface area (TPSA) is 158 Å². The van der Waals surface area contributed by atoms with Crippen molar-refractivity contribution in [2.24, 2.45) is 0 Å². The summed E-state index contributed by atoms with van der Waals surface area (Å²) in [6.45, 7) is 7.45. The molecule has 1 aliphatic heterocycles. The van der Waals surface area contributed by atoms with Gasteiger partial charge in [0.15, 0.2) is 0 Å². The van der Waals surface area contributed by atoms with Crippen molar-refractivity contribution in [3.8, 4) is 17.2 Å². The third-order valence-electron chi connectivity index (χ3n) is 7.09. The Morgan fingerprint density at radius 2 is 2.00 bits per heavy atom. The largest absolute Gasteiger partial charge is 0.609 e. The van der Waals surface area contributed by atoms with E-state index in [1.807, 2.05) is 0 Å². The van der Waals surface area contributed by atoms with Gasteiger partial charge in [0, 0.05) is 38.6 Å². The minimum absolute atomic E-state index is 0.0548. The number of ether oxygens (including phenoxy) is 2. The van der Waals surface area contributed by atoms with Gasteiger partial charge < -0.3 is 19.3 Å². The molecule has 0 bridgehead atoms. The SMILES string of the molecule is CC[S+]([O-])c1nc(NCc2cccnn2)c2c3c(c(-c4c(F)ccc5sc(NC(=O)OC(C)(C)C)c(C#N)c45)c(Cl)c2n1)COC3. The van der Waals surface area contributed by atoms with Crippen LogP contribution < -0.4 is 10.6 Å². The minimum atomic E-state index is -1.55. The van der Waals surface area contributed by atoms with Gasteiger partial charge in [-0.25, -0.2) is 9.18 Å². The van der Waals surface area contributed by atoms with Crippen LogP contribution in [0.25, 0.3) is 32.1 Å². The van der Waals surface area contributed by atoms with Gasteiger partial charge in [0.25, 0.3) is 0 Å². The number of anilines is 2. The number of rotatable bonds is 7. The molecule has 4 heterocycles. The summed E-state index contributed by atoms with van der Waals surface area (Å²) in [7, 11) is 0. The van der Waals surface area contributed by atoms with Crippen LogP contribution >= 0.6 is 22.9 Å². The maximum Gasteiger partial charge on any atom is 0.412 e. The third-order valence-corrected chi connectivity index (χ3v) is 9.64. The van der Waals surface area contributed by atoms with Gasteiger partial charge in [0.05, 0.1) is 41.4 Å². The van der Waals surface area contributed by atoms with Crippen LogP contribution in [0.2, 0.25) is 5.02 Å². The highest BCUT2D eigenvalue weighted by atomic mass is 35.5. The van der Waals surface area contributed by atoms with Crippen molar-refractivity contribution in [2.75, 3.05) is 16.4 Å². The lowest BCUT2D eigenvalue weighted by atomic mass is 9.90. The normalized spacial score (nSPS) is 13.4. The second-order valence-corrected chi connectivity index (χ2v) is 14.3. The van der Waals surface area contributed by atoms with Gasteiger partial charge in [-0.3, -0.25) is 5.32 Å². The second-order valence-electron chi connectivity index (χ2n) is 11.3. The zero-order valence-electron chi connectivity index (χ0n) is 25.2. The van der Waals surface area contributed by atoms with Gasteiger partial charge in [-0.1, -0.05) is 11.6 Å². The fraction of sp³-hybridized carbons (Fsp3) is 0.290. The van der Waals surface area contributed by atoms with Crippen LogP contribution in [-0.2, 0) is 40.4 Å². The molecule has 11 nitrogen and oxygen atoms in total. The molecule has 0 saturated carbocycles. The van der Waals surface area contributed by atoms with E-state index in [2.05, 4.69) is 36.9 Å². The van der Waals surface area contributed by atoms with E-state index in [4.69, 9.17) is 21.1 Å². The van der Waals surface area contributed by atoms with Crippen LogP contribution in [0.3, 0.4) is 0 Å². The van der Waals surface area contributed by atoms with Crippen LogP contribution in [0.5, 0.6) is 0 Å². The Kier molecular flexibility index (Phi) is 8.70. The molecule has 1 amide bonds. The molecule has 0 fully saturated rings. The van der Waals surface area contributed by atoms with Gasteiger partial charge in [0.2, 0.25) is 0 Å². The Bertz CT molecular complexity index is 2050. The first-order valence-electron chi connectivity index (χ1n) is 14.2. The number of thiophene rings is 1. The van der Waals surface area contributed by atoms with E-state index in [9.17, 15) is 14.6 Å². The quantitative estimate of drug-likeness (QED) is 0.134. The monoisotopic (exact) mass is 679 g/mol. The molecule has 0 spiro atoms. The summed E-state index contributed by atoms with van der Waals surface area (Å²) < 4.78 is 40.9. The molecule has 0 radical (unpaired) electrons. The van der Waals surface area contributed by atoms with Crippen LogP contribution in [0.1, 0.15) is 50.1 Å². The number of nitrogens with zero attached hydrogens (tertiary/aromatic N) is 5. The zero-order chi connectivity index (χ0) is 32.7. The minimum Gasteiger partial charge on any atom is -0.609 e. The predicted octanol–water partition coefficient (Wildman–Crippen LogP) is 7.08. The van der Waals surface area contributed by atoms with E-state index in [-0.39, 0.29) is 62.7 Å². The van der Waals surface area contributed by atoms with E-state index in [1.165, 1.54) is 6.07 Å². The average molecular weight is 680 g/mol. The van der Waals surface area contributed by atoms with Gasteiger partial charge in [0.1, 0.15) is 39.6 Å². The van der Waals surface area contributed by atoms with Crippen molar-refractivity contribution in [2.45, 2.75) is 58.2 Å². The number of fused-ring (bicyclic) bond motifs is 4. The van der Waals surface area contributed by atoms with Crippen LogP contribution in [0, 0.1) is 17.1 Å². The first-order valence-corrected chi connectivity index (χ1v) is 16.7. The summed E-state index contributed by atoms with van der Waals surface area (Å²) >= 11 is 6.73. The molecule has 2 N–H and O–H groups in total. The van der Waals surface area contributed by atoms with Gasteiger partial charge >= 0.3 is 11.2 Å². The lowest BCUT2D eigenvalue weighted by Crippen LogP contribution is -2.27. The molecule has 236 valence electrons. The summed E-state index contributed by atoms with van der Waals surface area (Å²) in [6.07, 6.45) is 0.823. The average Bonchev–Trinajstić information content (AvgIpc) is 3.64. The molecule has 46 heavy (non-hydrogen) atoms. The number of benzene rings is 2. The second kappa shape index (κ2) is 12.6. The molecule has 6 rings (SSSR count). The molecule has 0 aliphatic carbocycles. The molecule has 15 heteroatoms. The zero-order valence-corrected chi connectivity index (χ0v) is 27.5. The Labute approximate surface area is 275 Å². The van der Waals surface area contributed by atoms with Crippen LogP contribution in [0.4, 0.5) is 20.0 Å². The number of aromatic nitrogens is 4. The molecule has 0 saturated heterocycles. The lowest BCUT2D eigenvalue weighted by molar-refractivity contribution is 0.0636. The lowest BCUT2D eigenvalue weighted by Gasteiger charge is -2.19. The van der Waals surface area contributed by atoms with Crippen molar-refractivity contribution >= 4 is 72.0 Å². The number of carbonyl (C=O) groups excluding carboxylic acids is 1. The Hall–Kier alpha value is -4.13. The van der Waals surface area contributed by atoms with Crippen molar-refractivity contribution < 1.29 is 23.2 Å². The Balaban J connectivity index is 1.59. The number of hydrogen-bond donors (Lipinski definition) is 2. The fourth-order valence-corrected chi connectivity index (χ4v) is 7.27.